The highest BCUT2D eigenvalue weighted by Gasteiger charge is 2.35. The van der Waals surface area contributed by atoms with E-state index in [0.29, 0.717) is 12.6 Å². The molecule has 152 valence electrons. The quantitative estimate of drug-likeness (QED) is 0.779. The summed E-state index contributed by atoms with van der Waals surface area (Å²) in [4.78, 5) is 2.46. The lowest BCUT2D eigenvalue weighted by atomic mass is 9.86. The molecule has 1 atom stereocenters. The molecule has 2 aromatic carbocycles. The summed E-state index contributed by atoms with van der Waals surface area (Å²) in [6, 6.07) is 15.5. The summed E-state index contributed by atoms with van der Waals surface area (Å²) in [5.74, 6) is 0.627. The molecule has 4 nitrogen and oxygen atoms in total. The Labute approximate surface area is 172 Å². The molecule has 0 bridgehead atoms. The van der Waals surface area contributed by atoms with Crippen molar-refractivity contribution in [2.75, 3.05) is 31.6 Å². The molecule has 2 heterocycles. The highest BCUT2D eigenvalue weighted by Crippen LogP contribution is 2.32. The first-order chi connectivity index (χ1) is 14.2. The molecule has 0 radical (unpaired) electrons. The van der Waals surface area contributed by atoms with Gasteiger partial charge in [-0.2, -0.15) is 0 Å². The average Bonchev–Trinajstić information content (AvgIpc) is 2.79. The number of ether oxygens (including phenoxy) is 1. The van der Waals surface area contributed by atoms with Crippen molar-refractivity contribution in [3.8, 4) is 5.75 Å². The van der Waals surface area contributed by atoms with Crippen LogP contribution in [0.3, 0.4) is 0 Å². The zero-order valence-electron chi connectivity index (χ0n) is 16.8. The molecule has 2 N–H and O–H groups in total. The third-order valence-electron chi connectivity index (χ3n) is 5.84. The summed E-state index contributed by atoms with van der Waals surface area (Å²) in [6.07, 6.45) is 10.2. The van der Waals surface area contributed by atoms with Gasteiger partial charge in [0.1, 0.15) is 11.6 Å². The number of benzene rings is 2. The minimum absolute atomic E-state index is 0.218. The van der Waals surface area contributed by atoms with Crippen LogP contribution in [0.2, 0.25) is 0 Å². The van der Waals surface area contributed by atoms with Crippen LogP contribution in [0.15, 0.2) is 73.0 Å². The third-order valence-corrected chi connectivity index (χ3v) is 5.84. The first kappa shape index (κ1) is 19.5. The minimum atomic E-state index is -0.498. The van der Waals surface area contributed by atoms with Gasteiger partial charge in [-0.25, -0.2) is 4.39 Å². The van der Waals surface area contributed by atoms with Crippen molar-refractivity contribution in [2.45, 2.75) is 24.4 Å². The Morgan fingerprint density at radius 3 is 2.55 bits per heavy atom. The molecule has 29 heavy (non-hydrogen) atoms. The molecular formula is C24H28FN3O. The maximum atomic E-state index is 14.1. The van der Waals surface area contributed by atoms with Crippen LogP contribution in [-0.2, 0) is 5.54 Å². The van der Waals surface area contributed by atoms with E-state index in [0.717, 1.165) is 42.9 Å². The smallest absolute Gasteiger partial charge is 0.123 e. The number of anilines is 1. The van der Waals surface area contributed by atoms with Crippen molar-refractivity contribution >= 4 is 5.69 Å². The van der Waals surface area contributed by atoms with Crippen LogP contribution in [-0.4, -0.2) is 32.8 Å². The van der Waals surface area contributed by atoms with E-state index in [1.54, 1.807) is 19.2 Å². The van der Waals surface area contributed by atoms with Crippen molar-refractivity contribution in [2.24, 2.45) is 0 Å². The number of hydrogen-bond donors (Lipinski definition) is 2. The van der Waals surface area contributed by atoms with Crippen molar-refractivity contribution in [1.29, 1.82) is 0 Å². The molecule has 2 aromatic rings. The highest BCUT2D eigenvalue weighted by molar-refractivity contribution is 5.52. The molecule has 0 spiro atoms. The lowest BCUT2D eigenvalue weighted by Gasteiger charge is -2.44. The maximum Gasteiger partial charge on any atom is 0.123 e. The standard InChI is InChI=1S/C24H28FN3O/c1-29-23-9-7-21(8-10-23)28(22-11-15-26-16-12-22)18-24(13-2-3-14-27-24)19-5-4-6-20(25)17-19/h2-10,13-14,17,22,26-27H,11-12,15-16,18H2,1H3. The van der Waals surface area contributed by atoms with E-state index < -0.39 is 5.54 Å². The van der Waals surface area contributed by atoms with Crippen LogP contribution in [0.4, 0.5) is 10.1 Å². The van der Waals surface area contributed by atoms with Gasteiger partial charge in [0.25, 0.3) is 0 Å². The Hall–Kier alpha value is -2.79. The molecule has 0 amide bonds. The number of nitrogens with one attached hydrogen (secondary N) is 2. The molecule has 0 aromatic heterocycles. The largest absolute Gasteiger partial charge is 0.497 e. The fourth-order valence-electron chi connectivity index (χ4n) is 4.25. The zero-order chi connectivity index (χ0) is 20.1. The number of dihydropyridines is 1. The van der Waals surface area contributed by atoms with Crippen molar-refractivity contribution in [3.05, 3.63) is 84.3 Å². The SMILES string of the molecule is COc1ccc(N(CC2(c3cccc(F)c3)C=CC=CN2)C2CCNCC2)cc1. The molecule has 2 aliphatic heterocycles. The molecule has 0 aliphatic carbocycles. The Balaban J connectivity index is 1.71. The summed E-state index contributed by atoms with van der Waals surface area (Å²) in [5.41, 5.74) is 1.57. The number of hydrogen-bond acceptors (Lipinski definition) is 4. The molecule has 1 saturated heterocycles. The van der Waals surface area contributed by atoms with E-state index in [2.05, 4.69) is 33.7 Å². The lowest BCUT2D eigenvalue weighted by molar-refractivity contribution is 0.383. The summed E-state index contributed by atoms with van der Waals surface area (Å²) in [5, 5.41) is 6.98. The number of nitrogens with zero attached hydrogens (tertiary/aromatic N) is 1. The second-order valence-electron chi connectivity index (χ2n) is 7.65. The van der Waals surface area contributed by atoms with Crippen molar-refractivity contribution < 1.29 is 9.13 Å². The average molecular weight is 394 g/mol. The van der Waals surface area contributed by atoms with E-state index in [9.17, 15) is 4.39 Å². The fraction of sp³-hybridized carbons (Fsp3) is 0.333. The first-order valence-electron chi connectivity index (χ1n) is 10.2. The van der Waals surface area contributed by atoms with E-state index in [4.69, 9.17) is 4.74 Å². The number of methoxy groups -OCH3 is 1. The highest BCUT2D eigenvalue weighted by atomic mass is 19.1. The van der Waals surface area contributed by atoms with Gasteiger partial charge in [-0.3, -0.25) is 0 Å². The number of allylic oxidation sites excluding steroid dienone is 2. The summed E-state index contributed by atoms with van der Waals surface area (Å²) in [7, 11) is 1.68. The first-order valence-corrected chi connectivity index (χ1v) is 10.2. The van der Waals surface area contributed by atoms with E-state index in [-0.39, 0.29) is 5.82 Å². The molecule has 4 rings (SSSR count). The molecule has 2 aliphatic rings. The molecule has 1 unspecified atom stereocenters. The van der Waals surface area contributed by atoms with Crippen molar-refractivity contribution in [3.63, 3.8) is 0 Å². The summed E-state index contributed by atoms with van der Waals surface area (Å²) in [6.45, 7) is 2.72. The number of rotatable bonds is 6. The second-order valence-corrected chi connectivity index (χ2v) is 7.65. The Kier molecular flexibility index (Phi) is 5.86. The fourth-order valence-corrected chi connectivity index (χ4v) is 4.25. The summed E-state index contributed by atoms with van der Waals surface area (Å²) >= 11 is 0. The van der Waals surface area contributed by atoms with E-state index in [1.165, 1.54) is 6.07 Å². The minimum Gasteiger partial charge on any atom is -0.497 e. The topological polar surface area (TPSA) is 36.5 Å². The van der Waals surface area contributed by atoms with Crippen molar-refractivity contribution in [1.82, 2.24) is 10.6 Å². The van der Waals surface area contributed by atoms with Gasteiger partial charge in [0, 0.05) is 18.3 Å². The monoisotopic (exact) mass is 393 g/mol. The Morgan fingerprint density at radius 2 is 1.90 bits per heavy atom. The predicted molar refractivity (Wildman–Crippen MR) is 116 cm³/mol. The Morgan fingerprint density at radius 1 is 1.10 bits per heavy atom. The van der Waals surface area contributed by atoms with E-state index in [1.807, 2.05) is 36.6 Å². The predicted octanol–water partition coefficient (Wildman–Crippen LogP) is 3.96. The van der Waals surface area contributed by atoms with Gasteiger partial charge in [0.05, 0.1) is 12.6 Å². The number of halogens is 1. The number of piperidine rings is 1. The third kappa shape index (κ3) is 4.30. The van der Waals surface area contributed by atoms with Crippen LogP contribution in [0.1, 0.15) is 18.4 Å². The van der Waals surface area contributed by atoms with Crippen LogP contribution in [0.25, 0.3) is 0 Å². The van der Waals surface area contributed by atoms with Crippen LogP contribution >= 0.6 is 0 Å². The van der Waals surface area contributed by atoms with Gasteiger partial charge < -0.3 is 20.3 Å². The molecule has 0 saturated carbocycles. The van der Waals surface area contributed by atoms with Gasteiger partial charge in [0.15, 0.2) is 0 Å². The zero-order valence-corrected chi connectivity index (χ0v) is 16.8. The van der Waals surface area contributed by atoms with Gasteiger partial charge in [-0.15, -0.1) is 0 Å². The van der Waals surface area contributed by atoms with Gasteiger partial charge in [-0.05, 0) is 80.2 Å². The maximum absolute atomic E-state index is 14.1. The molecule has 1 fully saturated rings. The van der Waals surface area contributed by atoms with Crippen LogP contribution in [0.5, 0.6) is 5.75 Å². The second kappa shape index (κ2) is 8.70. The molecule has 5 heteroatoms. The van der Waals surface area contributed by atoms with Crippen LogP contribution in [0, 0.1) is 5.82 Å². The lowest BCUT2D eigenvalue weighted by Crippen LogP contribution is -2.53. The van der Waals surface area contributed by atoms with Gasteiger partial charge >= 0.3 is 0 Å². The normalized spacial score (nSPS) is 21.6. The van der Waals surface area contributed by atoms with Gasteiger partial charge in [-0.1, -0.05) is 24.3 Å². The van der Waals surface area contributed by atoms with Gasteiger partial charge in [0.2, 0.25) is 0 Å². The van der Waals surface area contributed by atoms with Crippen LogP contribution < -0.4 is 20.3 Å². The summed E-state index contributed by atoms with van der Waals surface area (Å²) < 4.78 is 19.4. The van der Waals surface area contributed by atoms with E-state index >= 15 is 0 Å². The molecular weight excluding hydrogens is 365 g/mol. The Bertz CT molecular complexity index is 874.